The van der Waals surface area contributed by atoms with E-state index in [4.69, 9.17) is 4.74 Å². The molecule has 6 nitrogen and oxygen atoms in total. The Balaban J connectivity index is 1.87. The van der Waals surface area contributed by atoms with Crippen molar-refractivity contribution in [3.05, 3.63) is 41.2 Å². The Kier molecular flexibility index (Phi) is 5.27. The maximum atomic E-state index is 13.0. The van der Waals surface area contributed by atoms with Gasteiger partial charge < -0.3 is 19.2 Å². The second-order valence-electron chi connectivity index (χ2n) is 6.83. The molecule has 1 saturated heterocycles. The number of nitrogens with zero attached hydrogens (tertiary/aromatic N) is 3. The molecule has 1 fully saturated rings. The van der Waals surface area contributed by atoms with Gasteiger partial charge in [-0.25, -0.2) is 4.98 Å². The van der Waals surface area contributed by atoms with Crippen LogP contribution in [-0.2, 0) is 18.3 Å². The first-order chi connectivity index (χ1) is 12.0. The first-order valence-electron chi connectivity index (χ1n) is 9.05. The van der Waals surface area contributed by atoms with E-state index in [0.29, 0.717) is 5.92 Å². The Hall–Kier alpha value is -2.08. The Morgan fingerprint density at radius 1 is 1.40 bits per heavy atom. The van der Waals surface area contributed by atoms with Gasteiger partial charge in [0.05, 0.1) is 11.6 Å². The van der Waals surface area contributed by atoms with E-state index in [1.54, 1.807) is 6.20 Å². The van der Waals surface area contributed by atoms with E-state index in [2.05, 4.69) is 21.8 Å². The summed E-state index contributed by atoms with van der Waals surface area (Å²) in [4.78, 5) is 17.5. The third-order valence-corrected chi connectivity index (χ3v) is 5.30. The fourth-order valence-corrected chi connectivity index (χ4v) is 3.86. The lowest BCUT2D eigenvalue weighted by Crippen LogP contribution is -2.37. The Morgan fingerprint density at radius 3 is 2.68 bits per heavy atom. The molecule has 25 heavy (non-hydrogen) atoms. The third-order valence-electron chi connectivity index (χ3n) is 5.30. The summed E-state index contributed by atoms with van der Waals surface area (Å²) in [5.74, 6) is 1.23. The van der Waals surface area contributed by atoms with Crippen molar-refractivity contribution in [3.63, 3.8) is 0 Å². The second-order valence-corrected chi connectivity index (χ2v) is 6.83. The highest BCUT2D eigenvalue weighted by Gasteiger charge is 2.30. The van der Waals surface area contributed by atoms with Crippen LogP contribution in [0.1, 0.15) is 53.4 Å². The molecule has 6 heteroatoms. The summed E-state index contributed by atoms with van der Waals surface area (Å²) < 4.78 is 9.66. The molecule has 1 atom stereocenters. The van der Waals surface area contributed by atoms with Gasteiger partial charge >= 0.3 is 0 Å². The van der Waals surface area contributed by atoms with Gasteiger partial charge in [-0.15, -0.1) is 0 Å². The SMILES string of the molecule is CCn1c(C)cc(C(=O)N[C@H](c2nccn2C)C2CCOCC2)c1C. The highest BCUT2D eigenvalue weighted by molar-refractivity contribution is 5.96. The Labute approximate surface area is 149 Å². The number of rotatable bonds is 5. The highest BCUT2D eigenvalue weighted by atomic mass is 16.5. The molecule has 2 aromatic heterocycles. The number of aromatic nitrogens is 3. The largest absolute Gasteiger partial charge is 0.381 e. The van der Waals surface area contributed by atoms with Gasteiger partial charge in [0.1, 0.15) is 5.82 Å². The third kappa shape index (κ3) is 3.49. The van der Waals surface area contributed by atoms with Gasteiger partial charge in [-0.3, -0.25) is 4.79 Å². The molecular weight excluding hydrogens is 316 g/mol. The smallest absolute Gasteiger partial charge is 0.253 e. The fourth-order valence-electron chi connectivity index (χ4n) is 3.86. The van der Waals surface area contributed by atoms with Crippen LogP contribution in [0.2, 0.25) is 0 Å². The van der Waals surface area contributed by atoms with E-state index < -0.39 is 0 Å². The molecule has 0 aliphatic carbocycles. The molecule has 0 aromatic carbocycles. The summed E-state index contributed by atoms with van der Waals surface area (Å²) in [5, 5.41) is 3.26. The van der Waals surface area contributed by atoms with Gasteiger partial charge in [0.25, 0.3) is 5.91 Å². The van der Waals surface area contributed by atoms with Gasteiger partial charge in [0.2, 0.25) is 0 Å². The topological polar surface area (TPSA) is 61.1 Å². The van der Waals surface area contributed by atoms with Gasteiger partial charge in [-0.2, -0.15) is 0 Å². The van der Waals surface area contributed by atoms with Crippen LogP contribution in [0, 0.1) is 19.8 Å². The summed E-state index contributed by atoms with van der Waals surface area (Å²) >= 11 is 0. The molecular formula is C19H28N4O2. The fraction of sp³-hybridized carbons (Fsp3) is 0.579. The molecule has 136 valence electrons. The van der Waals surface area contributed by atoms with Gasteiger partial charge in [-0.05, 0) is 45.6 Å². The summed E-state index contributed by atoms with van der Waals surface area (Å²) in [6, 6.07) is 1.88. The van der Waals surface area contributed by atoms with Crippen LogP contribution in [0.15, 0.2) is 18.5 Å². The lowest BCUT2D eigenvalue weighted by atomic mass is 9.90. The van der Waals surface area contributed by atoms with Crippen molar-refractivity contribution in [2.45, 2.75) is 46.2 Å². The van der Waals surface area contributed by atoms with Crippen molar-refractivity contribution in [1.29, 1.82) is 0 Å². The zero-order valence-electron chi connectivity index (χ0n) is 15.6. The number of ether oxygens (including phenoxy) is 1. The number of amides is 1. The molecule has 0 bridgehead atoms. The van der Waals surface area contributed by atoms with Crippen LogP contribution in [0.5, 0.6) is 0 Å². The minimum Gasteiger partial charge on any atom is -0.381 e. The molecule has 3 rings (SSSR count). The van der Waals surface area contributed by atoms with E-state index in [9.17, 15) is 4.79 Å². The van der Waals surface area contributed by atoms with Gasteiger partial charge in [0.15, 0.2) is 0 Å². The van der Waals surface area contributed by atoms with Crippen LogP contribution < -0.4 is 5.32 Å². The zero-order chi connectivity index (χ0) is 18.0. The molecule has 1 N–H and O–H groups in total. The summed E-state index contributed by atoms with van der Waals surface area (Å²) in [5.41, 5.74) is 2.89. The molecule has 1 aliphatic rings. The van der Waals surface area contributed by atoms with E-state index in [0.717, 1.165) is 55.4 Å². The molecule has 3 heterocycles. The summed E-state index contributed by atoms with van der Waals surface area (Å²) in [7, 11) is 1.98. The summed E-state index contributed by atoms with van der Waals surface area (Å²) in [6.45, 7) is 8.50. The zero-order valence-corrected chi connectivity index (χ0v) is 15.6. The molecule has 0 radical (unpaired) electrons. The molecule has 2 aromatic rings. The van der Waals surface area contributed by atoms with Crippen molar-refractivity contribution in [2.24, 2.45) is 13.0 Å². The monoisotopic (exact) mass is 344 g/mol. The maximum Gasteiger partial charge on any atom is 0.253 e. The number of imidazole rings is 1. The number of hydrogen-bond acceptors (Lipinski definition) is 3. The van der Waals surface area contributed by atoms with Crippen LogP contribution in [0.3, 0.4) is 0 Å². The molecule has 1 amide bonds. The maximum absolute atomic E-state index is 13.0. The number of aryl methyl sites for hydroxylation is 2. The molecule has 0 saturated carbocycles. The first-order valence-corrected chi connectivity index (χ1v) is 9.05. The van der Waals surface area contributed by atoms with Crippen LogP contribution in [0.25, 0.3) is 0 Å². The molecule has 1 aliphatic heterocycles. The summed E-state index contributed by atoms with van der Waals surface area (Å²) in [6.07, 6.45) is 5.59. The minimum atomic E-state index is -0.0962. The number of hydrogen-bond donors (Lipinski definition) is 1. The Morgan fingerprint density at radius 2 is 2.12 bits per heavy atom. The van der Waals surface area contributed by atoms with Crippen molar-refractivity contribution in [2.75, 3.05) is 13.2 Å². The predicted molar refractivity (Wildman–Crippen MR) is 96.5 cm³/mol. The van der Waals surface area contributed by atoms with Gasteiger partial charge in [0, 0.05) is 50.6 Å². The van der Waals surface area contributed by atoms with E-state index in [1.165, 1.54) is 0 Å². The average molecular weight is 344 g/mol. The highest BCUT2D eigenvalue weighted by Crippen LogP contribution is 2.29. The normalized spacial score (nSPS) is 16.8. The van der Waals surface area contributed by atoms with E-state index in [1.807, 2.05) is 37.7 Å². The van der Waals surface area contributed by atoms with E-state index in [-0.39, 0.29) is 11.9 Å². The van der Waals surface area contributed by atoms with Crippen LogP contribution in [0.4, 0.5) is 0 Å². The van der Waals surface area contributed by atoms with Crippen molar-refractivity contribution in [3.8, 4) is 0 Å². The number of carbonyl (C=O) groups excluding carboxylic acids is 1. The second kappa shape index (κ2) is 7.44. The van der Waals surface area contributed by atoms with E-state index >= 15 is 0 Å². The Bertz CT molecular complexity index is 741. The lowest BCUT2D eigenvalue weighted by molar-refractivity contribution is 0.0499. The number of carbonyl (C=O) groups is 1. The van der Waals surface area contributed by atoms with Crippen molar-refractivity contribution >= 4 is 5.91 Å². The van der Waals surface area contributed by atoms with Crippen LogP contribution in [-0.4, -0.2) is 33.2 Å². The van der Waals surface area contributed by atoms with Gasteiger partial charge in [-0.1, -0.05) is 0 Å². The standard InChI is InChI=1S/C19H28N4O2/c1-5-23-13(2)12-16(14(23)3)19(24)21-17(15-6-10-25-11-7-15)18-20-8-9-22(18)4/h8-9,12,15,17H,5-7,10-11H2,1-4H3,(H,21,24)/t17-/m0/s1. The average Bonchev–Trinajstić information content (AvgIpc) is 3.16. The minimum absolute atomic E-state index is 0.0210. The molecule has 0 spiro atoms. The number of nitrogens with one attached hydrogen (secondary N) is 1. The first kappa shape index (κ1) is 17.7. The quantitative estimate of drug-likeness (QED) is 0.907. The van der Waals surface area contributed by atoms with Crippen molar-refractivity contribution < 1.29 is 9.53 Å². The predicted octanol–water partition coefficient (Wildman–Crippen LogP) is 2.76. The molecule has 0 unspecified atom stereocenters. The van der Waals surface area contributed by atoms with Crippen molar-refractivity contribution in [1.82, 2.24) is 19.4 Å². The van der Waals surface area contributed by atoms with Crippen LogP contribution >= 0.6 is 0 Å². The lowest BCUT2D eigenvalue weighted by Gasteiger charge is -2.30.